The van der Waals surface area contributed by atoms with E-state index in [1.165, 1.54) is 11.8 Å². The van der Waals surface area contributed by atoms with Crippen LogP contribution in [0.15, 0.2) is 29.4 Å². The van der Waals surface area contributed by atoms with Gasteiger partial charge in [0.15, 0.2) is 28.6 Å². The fraction of sp³-hybridized carbons (Fsp3) is 0.357. The van der Waals surface area contributed by atoms with Crippen LogP contribution in [0.2, 0.25) is 0 Å². The zero-order valence-electron chi connectivity index (χ0n) is 12.3. The SMILES string of the molecule is CNC(=O)CSc1nnc(C2COc3ccccc3O2)n1C. The van der Waals surface area contributed by atoms with Crippen molar-refractivity contribution < 1.29 is 14.3 Å². The number of ether oxygens (including phenoxy) is 2. The lowest BCUT2D eigenvalue weighted by Gasteiger charge is -2.25. The summed E-state index contributed by atoms with van der Waals surface area (Å²) in [7, 11) is 3.46. The minimum absolute atomic E-state index is 0.0549. The summed E-state index contributed by atoms with van der Waals surface area (Å²) in [5, 5.41) is 11.5. The van der Waals surface area contributed by atoms with Crippen LogP contribution >= 0.6 is 11.8 Å². The van der Waals surface area contributed by atoms with Gasteiger partial charge in [-0.3, -0.25) is 4.79 Å². The first kappa shape index (κ1) is 14.7. The molecule has 1 unspecified atom stereocenters. The second-order valence-corrected chi connectivity index (χ2v) is 5.67. The first-order valence-corrected chi connectivity index (χ1v) is 7.78. The Hall–Kier alpha value is -2.22. The van der Waals surface area contributed by atoms with E-state index in [4.69, 9.17) is 9.47 Å². The maximum Gasteiger partial charge on any atom is 0.230 e. The summed E-state index contributed by atoms with van der Waals surface area (Å²) >= 11 is 1.33. The zero-order valence-corrected chi connectivity index (χ0v) is 13.1. The van der Waals surface area contributed by atoms with Crippen molar-refractivity contribution >= 4 is 17.7 Å². The molecule has 22 heavy (non-hydrogen) atoms. The molecule has 8 heteroatoms. The summed E-state index contributed by atoms with van der Waals surface area (Å²) in [5.41, 5.74) is 0. The van der Waals surface area contributed by atoms with Crippen molar-refractivity contribution in [2.75, 3.05) is 19.4 Å². The Morgan fingerprint density at radius 3 is 2.95 bits per heavy atom. The molecule has 0 radical (unpaired) electrons. The summed E-state index contributed by atoms with van der Waals surface area (Å²) in [6.07, 6.45) is -0.318. The standard InChI is InChI=1S/C14H16N4O3S/c1-15-12(19)8-22-14-17-16-13(18(14)2)11-7-20-9-5-3-4-6-10(9)21-11/h3-6,11H,7-8H2,1-2H3,(H,15,19). The molecule has 0 aliphatic carbocycles. The van der Waals surface area contributed by atoms with E-state index in [-0.39, 0.29) is 12.0 Å². The molecule has 116 valence electrons. The highest BCUT2D eigenvalue weighted by Crippen LogP contribution is 2.35. The number of hydrogen-bond acceptors (Lipinski definition) is 6. The van der Waals surface area contributed by atoms with Crippen LogP contribution in [0.5, 0.6) is 11.5 Å². The Morgan fingerprint density at radius 1 is 1.41 bits per heavy atom. The van der Waals surface area contributed by atoms with Gasteiger partial charge in [-0.15, -0.1) is 10.2 Å². The monoisotopic (exact) mass is 320 g/mol. The Balaban J connectivity index is 1.74. The fourth-order valence-corrected chi connectivity index (χ4v) is 2.87. The van der Waals surface area contributed by atoms with Crippen LogP contribution in [0.1, 0.15) is 11.9 Å². The third kappa shape index (κ3) is 2.87. The summed E-state index contributed by atoms with van der Waals surface area (Å²) in [4.78, 5) is 11.3. The summed E-state index contributed by atoms with van der Waals surface area (Å²) in [6.45, 7) is 0.378. The zero-order chi connectivity index (χ0) is 15.5. The molecule has 0 saturated heterocycles. The number of nitrogens with zero attached hydrogens (tertiary/aromatic N) is 3. The molecule has 1 amide bonds. The van der Waals surface area contributed by atoms with Crippen molar-refractivity contribution in [1.29, 1.82) is 0 Å². The van der Waals surface area contributed by atoms with Gasteiger partial charge in [-0.05, 0) is 12.1 Å². The molecule has 2 aromatic rings. The molecule has 0 spiro atoms. The van der Waals surface area contributed by atoms with Crippen LogP contribution in [0.4, 0.5) is 0 Å². The Kier molecular flexibility index (Phi) is 4.19. The Labute approximate surface area is 132 Å². The van der Waals surface area contributed by atoms with Gasteiger partial charge >= 0.3 is 0 Å². The number of nitrogens with one attached hydrogen (secondary N) is 1. The number of para-hydroxylation sites is 2. The number of fused-ring (bicyclic) bond motifs is 1. The van der Waals surface area contributed by atoms with Crippen LogP contribution in [-0.4, -0.2) is 40.1 Å². The molecule has 0 fully saturated rings. The van der Waals surface area contributed by atoms with E-state index in [1.807, 2.05) is 35.9 Å². The molecule has 0 bridgehead atoms. The van der Waals surface area contributed by atoms with E-state index in [1.54, 1.807) is 7.05 Å². The lowest BCUT2D eigenvalue weighted by molar-refractivity contribution is -0.118. The minimum Gasteiger partial charge on any atom is -0.485 e. The average Bonchev–Trinajstić information content (AvgIpc) is 2.93. The molecule has 2 heterocycles. The largest absolute Gasteiger partial charge is 0.485 e. The van der Waals surface area contributed by atoms with Crippen molar-refractivity contribution in [3.8, 4) is 11.5 Å². The van der Waals surface area contributed by atoms with Gasteiger partial charge in [0.05, 0.1) is 5.75 Å². The normalized spacial score (nSPS) is 16.4. The molecule has 1 atom stereocenters. The van der Waals surface area contributed by atoms with E-state index >= 15 is 0 Å². The minimum atomic E-state index is -0.318. The molecule has 1 aromatic heterocycles. The number of amides is 1. The second kappa shape index (κ2) is 6.27. The van der Waals surface area contributed by atoms with Gasteiger partial charge < -0.3 is 19.4 Å². The quantitative estimate of drug-likeness (QED) is 0.852. The first-order chi connectivity index (χ1) is 10.7. The van der Waals surface area contributed by atoms with Gasteiger partial charge in [0.1, 0.15) is 6.61 Å². The van der Waals surface area contributed by atoms with Crippen molar-refractivity contribution in [3.63, 3.8) is 0 Å². The number of carbonyl (C=O) groups excluding carboxylic acids is 1. The predicted molar refractivity (Wildman–Crippen MR) is 81.1 cm³/mol. The Morgan fingerprint density at radius 2 is 2.18 bits per heavy atom. The predicted octanol–water partition coefficient (Wildman–Crippen LogP) is 1.17. The maximum absolute atomic E-state index is 11.3. The van der Waals surface area contributed by atoms with Crippen molar-refractivity contribution in [1.82, 2.24) is 20.1 Å². The second-order valence-electron chi connectivity index (χ2n) is 4.73. The fourth-order valence-electron chi connectivity index (χ4n) is 2.08. The number of benzene rings is 1. The molecule has 1 aliphatic heterocycles. The van der Waals surface area contributed by atoms with Crippen molar-refractivity contribution in [3.05, 3.63) is 30.1 Å². The number of carbonyl (C=O) groups is 1. The lowest BCUT2D eigenvalue weighted by atomic mass is 10.2. The third-order valence-electron chi connectivity index (χ3n) is 3.28. The van der Waals surface area contributed by atoms with E-state index in [0.29, 0.717) is 29.1 Å². The highest BCUT2D eigenvalue weighted by molar-refractivity contribution is 7.99. The van der Waals surface area contributed by atoms with Gasteiger partial charge in [0.2, 0.25) is 5.91 Å². The van der Waals surface area contributed by atoms with Gasteiger partial charge in [0, 0.05) is 14.1 Å². The number of rotatable bonds is 4. The molecular weight excluding hydrogens is 304 g/mol. The van der Waals surface area contributed by atoms with Gasteiger partial charge in [-0.2, -0.15) is 0 Å². The van der Waals surface area contributed by atoms with Crippen LogP contribution in [-0.2, 0) is 11.8 Å². The van der Waals surface area contributed by atoms with E-state index < -0.39 is 0 Å². The number of aromatic nitrogens is 3. The lowest BCUT2D eigenvalue weighted by Crippen LogP contribution is -2.24. The van der Waals surface area contributed by atoms with Crippen LogP contribution in [0.25, 0.3) is 0 Å². The van der Waals surface area contributed by atoms with E-state index in [2.05, 4.69) is 15.5 Å². The van der Waals surface area contributed by atoms with Crippen molar-refractivity contribution in [2.24, 2.45) is 7.05 Å². The highest BCUT2D eigenvalue weighted by Gasteiger charge is 2.27. The Bertz CT molecular complexity index is 688. The van der Waals surface area contributed by atoms with E-state index in [0.717, 1.165) is 5.75 Å². The summed E-state index contributed by atoms with van der Waals surface area (Å²) in [5.74, 6) is 2.35. The maximum atomic E-state index is 11.3. The van der Waals surface area contributed by atoms with Gasteiger partial charge in [-0.1, -0.05) is 23.9 Å². The summed E-state index contributed by atoms with van der Waals surface area (Å²) in [6, 6.07) is 7.52. The third-order valence-corrected chi connectivity index (χ3v) is 4.30. The molecular formula is C14H16N4O3S. The molecule has 1 aromatic carbocycles. The number of thioether (sulfide) groups is 1. The summed E-state index contributed by atoms with van der Waals surface area (Å²) < 4.78 is 13.4. The average molecular weight is 320 g/mol. The molecule has 1 N–H and O–H groups in total. The van der Waals surface area contributed by atoms with Crippen LogP contribution in [0.3, 0.4) is 0 Å². The van der Waals surface area contributed by atoms with Gasteiger partial charge in [0.25, 0.3) is 0 Å². The first-order valence-electron chi connectivity index (χ1n) is 6.80. The molecule has 3 rings (SSSR count). The van der Waals surface area contributed by atoms with Gasteiger partial charge in [-0.25, -0.2) is 0 Å². The van der Waals surface area contributed by atoms with Crippen LogP contribution in [0, 0.1) is 0 Å². The van der Waals surface area contributed by atoms with Crippen molar-refractivity contribution in [2.45, 2.75) is 11.3 Å². The van der Waals surface area contributed by atoms with E-state index in [9.17, 15) is 4.79 Å². The smallest absolute Gasteiger partial charge is 0.230 e. The number of hydrogen-bond donors (Lipinski definition) is 1. The van der Waals surface area contributed by atoms with Crippen LogP contribution < -0.4 is 14.8 Å². The topological polar surface area (TPSA) is 78.3 Å². The highest BCUT2D eigenvalue weighted by atomic mass is 32.2. The molecule has 7 nitrogen and oxygen atoms in total. The molecule has 0 saturated carbocycles. The molecule has 1 aliphatic rings.